The van der Waals surface area contributed by atoms with E-state index in [0.717, 1.165) is 5.56 Å². The van der Waals surface area contributed by atoms with Gasteiger partial charge in [0.2, 0.25) is 0 Å². The van der Waals surface area contributed by atoms with E-state index in [1.807, 2.05) is 25.1 Å². The van der Waals surface area contributed by atoms with Gasteiger partial charge < -0.3 is 4.74 Å². The van der Waals surface area contributed by atoms with E-state index in [1.165, 1.54) is 0 Å². The van der Waals surface area contributed by atoms with Gasteiger partial charge in [-0.25, -0.2) is 0 Å². The van der Waals surface area contributed by atoms with Crippen molar-refractivity contribution in [3.8, 4) is 0 Å². The summed E-state index contributed by atoms with van der Waals surface area (Å²) >= 11 is 0. The lowest BCUT2D eigenvalue weighted by atomic mass is 10.0. The Bertz CT molecular complexity index is 353. The number of carbonyl (C=O) groups is 1. The van der Waals surface area contributed by atoms with E-state index in [2.05, 4.69) is 6.58 Å². The number of hydrogen-bond donors (Lipinski definition) is 0. The fourth-order valence-electron chi connectivity index (χ4n) is 1.23. The van der Waals surface area contributed by atoms with Crippen LogP contribution in [0.4, 0.5) is 0 Å². The Labute approximate surface area is 84.2 Å². The van der Waals surface area contributed by atoms with Crippen molar-refractivity contribution < 1.29 is 9.53 Å². The van der Waals surface area contributed by atoms with Crippen LogP contribution in [0.5, 0.6) is 0 Å². The van der Waals surface area contributed by atoms with Crippen molar-refractivity contribution >= 4 is 5.78 Å². The van der Waals surface area contributed by atoms with Crippen LogP contribution in [-0.2, 0) is 4.74 Å². The van der Waals surface area contributed by atoms with Crippen molar-refractivity contribution in [3.05, 3.63) is 47.5 Å². The number of aryl methyl sites for hydroxylation is 1. The van der Waals surface area contributed by atoms with Crippen LogP contribution >= 0.6 is 0 Å². The fourth-order valence-corrected chi connectivity index (χ4v) is 1.23. The second-order valence-electron chi connectivity index (χ2n) is 3.24. The lowest BCUT2D eigenvalue weighted by Gasteiger charge is -2.04. The first kappa shape index (κ1) is 10.7. The molecule has 0 heterocycles. The third-order valence-corrected chi connectivity index (χ3v) is 1.92. The van der Waals surface area contributed by atoms with Gasteiger partial charge in [0.1, 0.15) is 0 Å². The quantitative estimate of drug-likeness (QED) is 0.538. The molecule has 0 aliphatic carbocycles. The molecule has 0 aromatic heterocycles. The van der Waals surface area contributed by atoms with E-state index < -0.39 is 0 Å². The highest BCUT2D eigenvalue weighted by Gasteiger charge is 2.09. The van der Waals surface area contributed by atoms with Crippen LogP contribution < -0.4 is 0 Å². The van der Waals surface area contributed by atoms with Gasteiger partial charge in [-0.05, 0) is 13.0 Å². The predicted octanol–water partition coefficient (Wildman–Crippen LogP) is 2.38. The highest BCUT2D eigenvalue weighted by atomic mass is 16.5. The Kier molecular flexibility index (Phi) is 3.60. The van der Waals surface area contributed by atoms with Crippen molar-refractivity contribution in [2.24, 2.45) is 0 Å². The van der Waals surface area contributed by atoms with Crippen molar-refractivity contribution in [2.45, 2.75) is 6.92 Å². The topological polar surface area (TPSA) is 26.3 Å². The van der Waals surface area contributed by atoms with E-state index in [1.54, 1.807) is 13.2 Å². The van der Waals surface area contributed by atoms with Crippen LogP contribution in [0.25, 0.3) is 0 Å². The number of Topliss-reactive ketones (excluding diaryl/α,β-unsaturated/α-hetero) is 1. The molecular formula is C12H14O2. The van der Waals surface area contributed by atoms with Crippen LogP contribution in [0.15, 0.2) is 36.4 Å². The molecule has 2 nitrogen and oxygen atoms in total. The van der Waals surface area contributed by atoms with Crippen LogP contribution in [0.2, 0.25) is 0 Å². The molecule has 0 amide bonds. The maximum atomic E-state index is 11.7. The first-order valence-electron chi connectivity index (χ1n) is 4.43. The number of ketones is 1. The third-order valence-electron chi connectivity index (χ3n) is 1.92. The molecule has 0 atom stereocenters. The lowest BCUT2D eigenvalue weighted by molar-refractivity contribution is 0.101. The first-order valence-corrected chi connectivity index (χ1v) is 4.43. The Morgan fingerprint density at radius 2 is 2.21 bits per heavy atom. The fraction of sp³-hybridized carbons (Fsp3) is 0.250. The zero-order valence-corrected chi connectivity index (χ0v) is 8.54. The predicted molar refractivity (Wildman–Crippen MR) is 56.5 cm³/mol. The number of ether oxygens (including phenoxy) is 1. The second-order valence-corrected chi connectivity index (χ2v) is 3.24. The van der Waals surface area contributed by atoms with Gasteiger partial charge in [0.15, 0.2) is 5.78 Å². The monoisotopic (exact) mass is 190 g/mol. The minimum absolute atomic E-state index is 0.0458. The van der Waals surface area contributed by atoms with Crippen LogP contribution in [0.3, 0.4) is 0 Å². The van der Waals surface area contributed by atoms with Crippen LogP contribution in [-0.4, -0.2) is 19.5 Å². The van der Waals surface area contributed by atoms with Gasteiger partial charge in [0, 0.05) is 18.2 Å². The smallest absolute Gasteiger partial charge is 0.190 e. The molecule has 1 aromatic rings. The van der Waals surface area contributed by atoms with Crippen molar-refractivity contribution in [3.63, 3.8) is 0 Å². The van der Waals surface area contributed by atoms with Crippen LogP contribution in [0.1, 0.15) is 15.9 Å². The summed E-state index contributed by atoms with van der Waals surface area (Å²) in [6, 6.07) is 7.46. The third kappa shape index (κ3) is 2.54. The molecule has 0 aliphatic rings. The van der Waals surface area contributed by atoms with Gasteiger partial charge in [-0.15, -0.1) is 0 Å². The minimum atomic E-state index is -0.0458. The molecule has 0 aliphatic heterocycles. The zero-order chi connectivity index (χ0) is 10.6. The molecule has 0 bridgehead atoms. The molecule has 14 heavy (non-hydrogen) atoms. The summed E-state index contributed by atoms with van der Waals surface area (Å²) in [5, 5.41) is 0. The summed E-state index contributed by atoms with van der Waals surface area (Å²) in [4.78, 5) is 11.7. The van der Waals surface area contributed by atoms with Crippen molar-refractivity contribution in [2.75, 3.05) is 13.7 Å². The Morgan fingerprint density at radius 1 is 1.50 bits per heavy atom. The Morgan fingerprint density at radius 3 is 2.79 bits per heavy atom. The summed E-state index contributed by atoms with van der Waals surface area (Å²) in [7, 11) is 1.55. The molecular weight excluding hydrogens is 176 g/mol. The summed E-state index contributed by atoms with van der Waals surface area (Å²) in [5.41, 5.74) is 2.23. The molecule has 0 saturated heterocycles. The SMILES string of the molecule is C=C(COC)C(=O)c1cccc(C)c1. The maximum absolute atomic E-state index is 11.7. The lowest BCUT2D eigenvalue weighted by Crippen LogP contribution is -2.07. The van der Waals surface area contributed by atoms with E-state index in [4.69, 9.17) is 4.74 Å². The molecule has 2 heteroatoms. The first-order chi connectivity index (χ1) is 6.65. The van der Waals surface area contributed by atoms with E-state index >= 15 is 0 Å². The maximum Gasteiger partial charge on any atom is 0.190 e. The molecule has 74 valence electrons. The molecule has 0 radical (unpaired) electrons. The standard InChI is InChI=1S/C12H14O2/c1-9-5-4-6-11(7-9)12(13)10(2)8-14-3/h4-7H,2,8H2,1,3H3. The second kappa shape index (κ2) is 4.72. The van der Waals surface area contributed by atoms with Gasteiger partial charge >= 0.3 is 0 Å². The molecule has 0 N–H and O–H groups in total. The number of hydrogen-bond acceptors (Lipinski definition) is 2. The number of carbonyl (C=O) groups excluding carboxylic acids is 1. The van der Waals surface area contributed by atoms with Gasteiger partial charge in [-0.3, -0.25) is 4.79 Å². The largest absolute Gasteiger partial charge is 0.380 e. The van der Waals surface area contributed by atoms with Gasteiger partial charge in [0.25, 0.3) is 0 Å². The molecule has 0 fully saturated rings. The van der Waals surface area contributed by atoms with E-state index in [9.17, 15) is 4.79 Å². The van der Waals surface area contributed by atoms with Gasteiger partial charge in [-0.1, -0.05) is 30.3 Å². The Balaban J connectivity index is 2.84. The summed E-state index contributed by atoms with van der Waals surface area (Å²) in [6.45, 7) is 5.91. The van der Waals surface area contributed by atoms with Crippen molar-refractivity contribution in [1.82, 2.24) is 0 Å². The summed E-state index contributed by atoms with van der Waals surface area (Å²) < 4.78 is 4.86. The average molecular weight is 190 g/mol. The van der Waals surface area contributed by atoms with Crippen molar-refractivity contribution in [1.29, 1.82) is 0 Å². The Hall–Kier alpha value is -1.41. The van der Waals surface area contributed by atoms with Crippen LogP contribution in [0, 0.1) is 6.92 Å². The summed E-state index contributed by atoms with van der Waals surface area (Å²) in [5.74, 6) is -0.0458. The molecule has 1 aromatic carbocycles. The summed E-state index contributed by atoms with van der Waals surface area (Å²) in [6.07, 6.45) is 0. The van der Waals surface area contributed by atoms with Gasteiger partial charge in [0.05, 0.1) is 6.61 Å². The number of benzene rings is 1. The zero-order valence-electron chi connectivity index (χ0n) is 8.54. The van der Waals surface area contributed by atoms with E-state index in [-0.39, 0.29) is 12.4 Å². The average Bonchev–Trinajstić information content (AvgIpc) is 2.17. The number of rotatable bonds is 4. The van der Waals surface area contributed by atoms with Gasteiger partial charge in [-0.2, -0.15) is 0 Å². The molecule has 0 saturated carbocycles. The normalized spacial score (nSPS) is 9.86. The van der Waals surface area contributed by atoms with E-state index in [0.29, 0.717) is 11.1 Å². The number of methoxy groups -OCH3 is 1. The minimum Gasteiger partial charge on any atom is -0.380 e. The molecule has 1 rings (SSSR count). The highest BCUT2D eigenvalue weighted by Crippen LogP contribution is 2.09. The molecule has 0 unspecified atom stereocenters. The highest BCUT2D eigenvalue weighted by molar-refractivity contribution is 6.08. The molecule has 0 spiro atoms.